The van der Waals surface area contributed by atoms with Crippen molar-refractivity contribution in [3.63, 3.8) is 0 Å². The molecule has 1 aromatic rings. The van der Waals surface area contributed by atoms with Gasteiger partial charge >= 0.3 is 11.9 Å². The number of benzene rings is 1. The van der Waals surface area contributed by atoms with E-state index in [1.807, 2.05) is 30.3 Å². The van der Waals surface area contributed by atoms with E-state index < -0.39 is 0 Å². The second kappa shape index (κ2) is 13.1. The number of hydrogen-bond donors (Lipinski definition) is 1. The van der Waals surface area contributed by atoms with Gasteiger partial charge in [-0.3, -0.25) is 14.5 Å². The summed E-state index contributed by atoms with van der Waals surface area (Å²) in [5.74, 6) is -0.383. The van der Waals surface area contributed by atoms with Crippen molar-refractivity contribution in [3.8, 4) is 0 Å². The van der Waals surface area contributed by atoms with Crippen LogP contribution in [0.2, 0.25) is 0 Å². The fraction of sp³-hybridized carbons (Fsp3) is 0.571. The second-order valence-corrected chi connectivity index (χ2v) is 7.29. The number of hydrogen-bond acceptors (Lipinski definition) is 6. The van der Waals surface area contributed by atoms with Crippen LogP contribution in [0.1, 0.15) is 31.7 Å². The van der Waals surface area contributed by atoms with Gasteiger partial charge in [-0.05, 0) is 37.5 Å². The molecule has 0 saturated carbocycles. The molecule has 1 heterocycles. The zero-order valence-electron chi connectivity index (χ0n) is 17.1. The Morgan fingerprint density at radius 3 is 2.62 bits per heavy atom. The van der Waals surface area contributed by atoms with Gasteiger partial charge in [-0.1, -0.05) is 30.3 Å². The van der Waals surface area contributed by atoms with Crippen molar-refractivity contribution in [2.75, 3.05) is 45.9 Å². The summed E-state index contributed by atoms with van der Waals surface area (Å²) in [6.07, 6.45) is 2.01. The van der Waals surface area contributed by atoms with Crippen LogP contribution >= 0.6 is 12.2 Å². The fourth-order valence-corrected chi connectivity index (χ4v) is 3.36. The van der Waals surface area contributed by atoms with Gasteiger partial charge < -0.3 is 19.7 Å². The SMILES string of the molecule is CCOC(=O)CCCNC(=S)N1CCCN(CC(=O)OCc2ccccc2)CC1. The average Bonchev–Trinajstić information content (AvgIpc) is 2.96. The molecular formula is C21H31N3O4S. The summed E-state index contributed by atoms with van der Waals surface area (Å²) in [5, 5.41) is 3.91. The average molecular weight is 422 g/mol. The Bertz CT molecular complexity index is 657. The van der Waals surface area contributed by atoms with Gasteiger partial charge in [0.25, 0.3) is 0 Å². The van der Waals surface area contributed by atoms with Crippen LogP contribution in [0.25, 0.3) is 0 Å². The summed E-state index contributed by atoms with van der Waals surface area (Å²) in [4.78, 5) is 27.7. The zero-order chi connectivity index (χ0) is 20.9. The second-order valence-electron chi connectivity index (χ2n) is 6.90. The first-order chi connectivity index (χ1) is 14.1. The van der Waals surface area contributed by atoms with Crippen LogP contribution in [-0.4, -0.2) is 72.7 Å². The molecule has 1 saturated heterocycles. The van der Waals surface area contributed by atoms with E-state index in [0.29, 0.717) is 44.3 Å². The van der Waals surface area contributed by atoms with Crippen molar-refractivity contribution in [3.05, 3.63) is 35.9 Å². The van der Waals surface area contributed by atoms with Crippen LogP contribution in [-0.2, 0) is 25.7 Å². The van der Waals surface area contributed by atoms with Gasteiger partial charge in [0.1, 0.15) is 6.61 Å². The van der Waals surface area contributed by atoms with Gasteiger partial charge in [0.05, 0.1) is 13.2 Å². The summed E-state index contributed by atoms with van der Waals surface area (Å²) in [7, 11) is 0. The highest BCUT2D eigenvalue weighted by molar-refractivity contribution is 7.80. The molecule has 0 amide bonds. The predicted octanol–water partition coefficient (Wildman–Crippen LogP) is 1.96. The summed E-state index contributed by atoms with van der Waals surface area (Å²) in [5.41, 5.74) is 0.988. The molecule has 0 aliphatic carbocycles. The van der Waals surface area contributed by atoms with Crippen LogP contribution < -0.4 is 5.32 Å². The number of thiocarbonyl (C=S) groups is 1. The number of nitrogens with zero attached hydrogens (tertiary/aromatic N) is 2. The van der Waals surface area contributed by atoms with E-state index in [0.717, 1.165) is 38.2 Å². The molecule has 0 bridgehead atoms. The van der Waals surface area contributed by atoms with Crippen molar-refractivity contribution >= 4 is 29.3 Å². The molecule has 29 heavy (non-hydrogen) atoms. The van der Waals surface area contributed by atoms with Crippen LogP contribution in [0.15, 0.2) is 30.3 Å². The van der Waals surface area contributed by atoms with Gasteiger partial charge in [0.2, 0.25) is 0 Å². The molecule has 1 aliphatic rings. The molecule has 7 nitrogen and oxygen atoms in total. The maximum atomic E-state index is 12.1. The van der Waals surface area contributed by atoms with Gasteiger partial charge in [0.15, 0.2) is 5.11 Å². The maximum Gasteiger partial charge on any atom is 0.320 e. The Labute approximate surface area is 178 Å². The van der Waals surface area contributed by atoms with Gasteiger partial charge in [-0.25, -0.2) is 0 Å². The summed E-state index contributed by atoms with van der Waals surface area (Å²) in [6.45, 7) is 6.65. The van der Waals surface area contributed by atoms with E-state index in [1.165, 1.54) is 0 Å². The van der Waals surface area contributed by atoms with E-state index in [9.17, 15) is 9.59 Å². The van der Waals surface area contributed by atoms with Crippen LogP contribution in [0.5, 0.6) is 0 Å². The smallest absolute Gasteiger partial charge is 0.320 e. The quantitative estimate of drug-likeness (QED) is 0.369. The third-order valence-corrected chi connectivity index (χ3v) is 5.01. The highest BCUT2D eigenvalue weighted by atomic mass is 32.1. The molecule has 0 aromatic heterocycles. The van der Waals surface area contributed by atoms with E-state index in [1.54, 1.807) is 6.92 Å². The minimum atomic E-state index is -0.207. The first-order valence-electron chi connectivity index (χ1n) is 10.2. The van der Waals surface area contributed by atoms with Crippen LogP contribution in [0, 0.1) is 0 Å². The molecular weight excluding hydrogens is 390 g/mol. The standard InChI is InChI=1S/C21H31N3O4S/c1-2-27-19(25)10-6-11-22-21(29)24-13-7-12-23(14-15-24)16-20(26)28-17-18-8-4-3-5-9-18/h3-5,8-9H,2,6-7,10-17H2,1H3,(H,22,29). The van der Waals surface area contributed by atoms with E-state index in [4.69, 9.17) is 21.7 Å². The number of nitrogens with one attached hydrogen (secondary N) is 1. The van der Waals surface area contributed by atoms with Crippen molar-refractivity contribution in [1.29, 1.82) is 0 Å². The summed E-state index contributed by atoms with van der Waals surface area (Å²) < 4.78 is 10.3. The number of esters is 2. The lowest BCUT2D eigenvalue weighted by Gasteiger charge is -2.24. The first-order valence-corrected chi connectivity index (χ1v) is 10.6. The lowest BCUT2D eigenvalue weighted by atomic mass is 10.2. The lowest BCUT2D eigenvalue weighted by molar-refractivity contribution is -0.146. The largest absolute Gasteiger partial charge is 0.466 e. The van der Waals surface area contributed by atoms with Crippen molar-refractivity contribution in [2.45, 2.75) is 32.8 Å². The van der Waals surface area contributed by atoms with Crippen molar-refractivity contribution in [1.82, 2.24) is 15.1 Å². The van der Waals surface area contributed by atoms with E-state index in [-0.39, 0.29) is 11.9 Å². The highest BCUT2D eigenvalue weighted by Gasteiger charge is 2.19. The monoisotopic (exact) mass is 421 g/mol. The normalized spacial score (nSPS) is 14.7. The molecule has 160 valence electrons. The lowest BCUT2D eigenvalue weighted by Crippen LogP contribution is -2.42. The van der Waals surface area contributed by atoms with Gasteiger partial charge in [-0.15, -0.1) is 0 Å². The maximum absolute atomic E-state index is 12.1. The predicted molar refractivity (Wildman–Crippen MR) is 115 cm³/mol. The Morgan fingerprint density at radius 2 is 1.86 bits per heavy atom. The molecule has 2 rings (SSSR count). The zero-order valence-corrected chi connectivity index (χ0v) is 17.9. The molecule has 1 aromatic carbocycles. The number of carbonyl (C=O) groups is 2. The summed E-state index contributed by atoms with van der Waals surface area (Å²) in [6, 6.07) is 9.68. The highest BCUT2D eigenvalue weighted by Crippen LogP contribution is 2.06. The third kappa shape index (κ3) is 9.23. The summed E-state index contributed by atoms with van der Waals surface area (Å²) >= 11 is 5.48. The molecule has 1 N–H and O–H groups in total. The van der Waals surface area contributed by atoms with Gasteiger partial charge in [-0.2, -0.15) is 0 Å². The van der Waals surface area contributed by atoms with Crippen molar-refractivity contribution in [2.24, 2.45) is 0 Å². The molecule has 0 spiro atoms. The molecule has 1 aliphatic heterocycles. The molecule has 1 fully saturated rings. The third-order valence-electron chi connectivity index (χ3n) is 4.61. The minimum absolute atomic E-state index is 0.176. The molecule has 0 unspecified atom stereocenters. The molecule has 0 radical (unpaired) electrons. The first kappa shape index (κ1) is 23.1. The number of carbonyl (C=O) groups excluding carboxylic acids is 2. The van der Waals surface area contributed by atoms with Crippen LogP contribution in [0.4, 0.5) is 0 Å². The van der Waals surface area contributed by atoms with Gasteiger partial charge in [0, 0.05) is 39.1 Å². The minimum Gasteiger partial charge on any atom is -0.466 e. The fourth-order valence-electron chi connectivity index (χ4n) is 3.07. The Morgan fingerprint density at radius 1 is 1.07 bits per heavy atom. The molecule has 0 atom stereocenters. The van der Waals surface area contributed by atoms with Crippen molar-refractivity contribution < 1.29 is 19.1 Å². The number of rotatable bonds is 9. The van der Waals surface area contributed by atoms with Crippen LogP contribution in [0.3, 0.4) is 0 Å². The van der Waals surface area contributed by atoms with E-state index >= 15 is 0 Å². The Kier molecular flexibility index (Phi) is 10.4. The Balaban J connectivity index is 1.63. The number of ether oxygens (including phenoxy) is 2. The Hall–Kier alpha value is -2.19. The topological polar surface area (TPSA) is 71.1 Å². The van der Waals surface area contributed by atoms with E-state index in [2.05, 4.69) is 15.1 Å². The molecule has 8 heteroatoms.